The van der Waals surface area contributed by atoms with Crippen LogP contribution in [0, 0.1) is 11.5 Å². The zero-order chi connectivity index (χ0) is 11.8. The van der Waals surface area contributed by atoms with Crippen LogP contribution in [-0.4, -0.2) is 18.1 Å². The van der Waals surface area contributed by atoms with Gasteiger partial charge >= 0.3 is 0 Å². The van der Waals surface area contributed by atoms with Crippen molar-refractivity contribution in [2.24, 2.45) is 4.99 Å². The maximum atomic E-state index is 8.47. The van der Waals surface area contributed by atoms with E-state index in [2.05, 4.69) is 31.1 Å². The topological polar surface area (TPSA) is 94.4 Å². The molecule has 0 fully saturated rings. The van der Waals surface area contributed by atoms with Crippen molar-refractivity contribution in [3.8, 4) is 6.19 Å². The van der Waals surface area contributed by atoms with E-state index < -0.39 is 0 Å². The molecule has 1 aromatic heterocycles. The Morgan fingerprint density at radius 2 is 2.44 bits per heavy atom. The van der Waals surface area contributed by atoms with Gasteiger partial charge in [0.1, 0.15) is 5.15 Å². The molecule has 16 heavy (non-hydrogen) atoms. The summed E-state index contributed by atoms with van der Waals surface area (Å²) in [7, 11) is 1.42. The number of nitrogens with zero attached hydrogens (tertiary/aromatic N) is 3. The van der Waals surface area contributed by atoms with E-state index in [0.29, 0.717) is 10.8 Å². The highest BCUT2D eigenvalue weighted by Gasteiger charge is 1.97. The minimum absolute atomic E-state index is 0.175. The molecular weight excluding hydrogens is 232 g/mol. The Hall–Kier alpha value is -1.88. The lowest BCUT2D eigenvalue weighted by Gasteiger charge is -2.06. The van der Waals surface area contributed by atoms with Crippen molar-refractivity contribution in [3.63, 3.8) is 0 Å². The molecule has 0 bridgehead atoms. The molecule has 0 aliphatic carbocycles. The van der Waals surface area contributed by atoms with Crippen LogP contribution < -0.4 is 16.3 Å². The zero-order valence-electron chi connectivity index (χ0n) is 8.36. The maximum Gasteiger partial charge on any atom is 0.226 e. The van der Waals surface area contributed by atoms with Crippen molar-refractivity contribution in [2.75, 3.05) is 7.11 Å². The Labute approximate surface area is 97.0 Å². The Kier molecular flexibility index (Phi) is 5.01. The van der Waals surface area contributed by atoms with Gasteiger partial charge in [0.25, 0.3) is 0 Å². The van der Waals surface area contributed by atoms with Crippen LogP contribution in [0.2, 0.25) is 5.15 Å². The fourth-order valence-corrected chi connectivity index (χ4v) is 0.915. The van der Waals surface area contributed by atoms with Gasteiger partial charge in [-0.15, -0.1) is 5.59 Å². The predicted octanol–water partition coefficient (Wildman–Crippen LogP) is 0.449. The summed E-state index contributed by atoms with van der Waals surface area (Å²) in [5, 5.41) is 11.2. The first kappa shape index (κ1) is 12.2. The lowest BCUT2D eigenvalue weighted by Crippen LogP contribution is -2.43. The van der Waals surface area contributed by atoms with E-state index >= 15 is 0 Å². The Balaban J connectivity index is 2.76. The van der Waals surface area contributed by atoms with Crippen LogP contribution in [0.4, 0.5) is 5.69 Å². The molecule has 1 heterocycles. The Bertz CT molecular complexity index is 398. The van der Waals surface area contributed by atoms with Crippen LogP contribution in [0.3, 0.4) is 0 Å². The molecule has 1 rings (SSSR count). The van der Waals surface area contributed by atoms with Gasteiger partial charge in [0.2, 0.25) is 5.96 Å². The van der Waals surface area contributed by atoms with Gasteiger partial charge in [-0.05, 0) is 12.1 Å². The van der Waals surface area contributed by atoms with Crippen LogP contribution in [0.15, 0.2) is 23.3 Å². The average Bonchev–Trinajstić information content (AvgIpc) is 2.29. The van der Waals surface area contributed by atoms with Crippen LogP contribution in [-0.2, 0) is 4.84 Å². The van der Waals surface area contributed by atoms with E-state index in [1.165, 1.54) is 13.3 Å². The summed E-state index contributed by atoms with van der Waals surface area (Å²) >= 11 is 5.62. The van der Waals surface area contributed by atoms with Crippen LogP contribution in [0.1, 0.15) is 0 Å². The van der Waals surface area contributed by atoms with E-state index in [-0.39, 0.29) is 5.96 Å². The van der Waals surface area contributed by atoms with Crippen LogP contribution in [0.25, 0.3) is 0 Å². The number of hydrazine groups is 1. The predicted molar refractivity (Wildman–Crippen MR) is 58.4 cm³/mol. The second kappa shape index (κ2) is 6.58. The number of rotatable bonds is 3. The third kappa shape index (κ3) is 4.10. The van der Waals surface area contributed by atoms with Crippen molar-refractivity contribution in [3.05, 3.63) is 23.5 Å². The van der Waals surface area contributed by atoms with E-state index in [9.17, 15) is 0 Å². The number of guanidine groups is 1. The molecule has 0 amide bonds. The number of nitrogens with one attached hydrogen (secondary N) is 3. The zero-order valence-corrected chi connectivity index (χ0v) is 9.12. The number of nitriles is 1. The number of aliphatic imine (C=N–C) groups is 1. The van der Waals surface area contributed by atoms with Gasteiger partial charge in [-0.25, -0.2) is 9.98 Å². The smallest absolute Gasteiger partial charge is 0.226 e. The number of halogens is 1. The number of pyridine rings is 1. The van der Waals surface area contributed by atoms with E-state index in [1.807, 2.05) is 0 Å². The standard InChI is InChI=1S/C8H9ClN6O/c1-16-15-14-8(12-5-10)13-6-2-3-7(9)11-4-6/h2-4,15H,1H3,(H2,12,13,14). The van der Waals surface area contributed by atoms with Crippen molar-refractivity contribution in [1.82, 2.24) is 21.3 Å². The molecule has 84 valence electrons. The first-order chi connectivity index (χ1) is 7.76. The minimum Gasteiger partial charge on any atom is -0.286 e. The molecule has 0 aliphatic heterocycles. The summed E-state index contributed by atoms with van der Waals surface area (Å²) in [6.45, 7) is 0. The molecule has 0 aromatic carbocycles. The monoisotopic (exact) mass is 240 g/mol. The van der Waals surface area contributed by atoms with Gasteiger partial charge in [0, 0.05) is 0 Å². The second-order valence-electron chi connectivity index (χ2n) is 2.47. The maximum absolute atomic E-state index is 8.47. The summed E-state index contributed by atoms with van der Waals surface area (Å²) in [6, 6.07) is 3.25. The van der Waals surface area contributed by atoms with Gasteiger partial charge in [-0.3, -0.25) is 15.6 Å². The van der Waals surface area contributed by atoms with Gasteiger partial charge in [0.15, 0.2) is 6.19 Å². The van der Waals surface area contributed by atoms with Gasteiger partial charge in [-0.1, -0.05) is 11.6 Å². The third-order valence-corrected chi connectivity index (χ3v) is 1.62. The fourth-order valence-electron chi connectivity index (χ4n) is 0.803. The minimum atomic E-state index is 0.175. The number of hydrogen-bond acceptors (Lipinski definition) is 5. The van der Waals surface area contributed by atoms with Crippen LogP contribution in [0.5, 0.6) is 0 Å². The molecule has 0 radical (unpaired) electrons. The van der Waals surface area contributed by atoms with E-state index in [4.69, 9.17) is 16.9 Å². The van der Waals surface area contributed by atoms with E-state index in [0.717, 1.165) is 0 Å². The summed E-state index contributed by atoms with van der Waals surface area (Å²) in [4.78, 5) is 12.4. The highest BCUT2D eigenvalue weighted by Crippen LogP contribution is 2.12. The molecule has 0 atom stereocenters. The quantitative estimate of drug-likeness (QED) is 0.177. The molecule has 8 heteroatoms. The first-order valence-electron chi connectivity index (χ1n) is 4.15. The number of aromatic nitrogens is 1. The van der Waals surface area contributed by atoms with Gasteiger partial charge in [-0.2, -0.15) is 5.26 Å². The highest BCUT2D eigenvalue weighted by molar-refractivity contribution is 6.29. The fraction of sp³-hybridized carbons (Fsp3) is 0.125. The average molecular weight is 241 g/mol. The first-order valence-corrected chi connectivity index (χ1v) is 4.53. The summed E-state index contributed by atoms with van der Waals surface area (Å²) < 4.78 is 0. The second-order valence-corrected chi connectivity index (χ2v) is 2.85. The van der Waals surface area contributed by atoms with Crippen molar-refractivity contribution in [1.29, 1.82) is 5.26 Å². The molecule has 0 unspecified atom stereocenters. The van der Waals surface area contributed by atoms with Crippen LogP contribution >= 0.6 is 11.6 Å². The normalized spacial score (nSPS) is 10.7. The summed E-state index contributed by atoms with van der Waals surface area (Å²) in [5.74, 6) is 0.175. The van der Waals surface area contributed by atoms with Crippen molar-refractivity contribution < 1.29 is 4.84 Å². The molecule has 0 saturated heterocycles. The molecule has 1 aromatic rings. The van der Waals surface area contributed by atoms with Crippen molar-refractivity contribution >= 4 is 23.2 Å². The molecule has 7 nitrogen and oxygen atoms in total. The SMILES string of the molecule is CONNC(=Nc1ccc(Cl)nc1)NC#N. The molecular formula is C8H9ClN6O. The summed E-state index contributed by atoms with van der Waals surface area (Å²) in [5.41, 5.74) is 5.38. The van der Waals surface area contributed by atoms with E-state index in [1.54, 1.807) is 18.3 Å². The molecule has 0 saturated carbocycles. The highest BCUT2D eigenvalue weighted by atomic mass is 35.5. The Morgan fingerprint density at radius 3 is 3.00 bits per heavy atom. The Morgan fingerprint density at radius 1 is 1.62 bits per heavy atom. The molecule has 0 aliphatic rings. The lowest BCUT2D eigenvalue weighted by molar-refractivity contribution is 0.0728. The lowest BCUT2D eigenvalue weighted by atomic mass is 10.4. The molecule has 3 N–H and O–H groups in total. The van der Waals surface area contributed by atoms with Crippen molar-refractivity contribution in [2.45, 2.75) is 0 Å². The third-order valence-electron chi connectivity index (χ3n) is 1.40. The molecule has 0 spiro atoms. The van der Waals surface area contributed by atoms with Gasteiger partial charge in [0.05, 0.1) is 19.0 Å². The van der Waals surface area contributed by atoms with Gasteiger partial charge < -0.3 is 0 Å². The number of hydrogen-bond donors (Lipinski definition) is 3. The summed E-state index contributed by atoms with van der Waals surface area (Å²) in [6.07, 6.45) is 3.19. The largest absolute Gasteiger partial charge is 0.286 e.